The van der Waals surface area contributed by atoms with E-state index < -0.39 is 42.7 Å². The van der Waals surface area contributed by atoms with Gasteiger partial charge in [0.05, 0.1) is 12.6 Å². The number of imidazole rings is 1. The van der Waals surface area contributed by atoms with Crippen LogP contribution in [0.15, 0.2) is 12.7 Å². The highest BCUT2D eigenvalue weighted by Gasteiger charge is 2.57. The summed E-state index contributed by atoms with van der Waals surface area (Å²) in [5.74, 6) is -2.55. The Balaban J connectivity index is 2.00. The smallest absolute Gasteiger partial charge is 0.258 e. The summed E-state index contributed by atoms with van der Waals surface area (Å²) < 4.78 is 6.96. The third kappa shape index (κ3) is 3.75. The number of hydrogen-bond acceptors (Lipinski definition) is 11. The molecule has 10 N–H and O–H groups in total. The SMILES string of the molecule is NCCCC[C@H](N)C(=O)N[C@@]1(n2cnc3c(N)ncnc32)O[C@H](CO)[C@@H](O)[C@H]1O. The van der Waals surface area contributed by atoms with Crippen molar-refractivity contribution in [2.24, 2.45) is 11.5 Å². The fourth-order valence-corrected chi connectivity index (χ4v) is 3.32. The van der Waals surface area contributed by atoms with Crippen LogP contribution in [-0.4, -0.2) is 78.3 Å². The van der Waals surface area contributed by atoms with Crippen LogP contribution in [0.25, 0.3) is 11.2 Å². The number of nitrogens with two attached hydrogens (primary N) is 3. The lowest BCUT2D eigenvalue weighted by molar-refractivity contribution is -0.177. The summed E-state index contributed by atoms with van der Waals surface area (Å²) in [5.41, 5.74) is 17.6. The molecular formula is C16H26N8O5. The molecule has 2 aromatic rings. The van der Waals surface area contributed by atoms with Crippen LogP contribution in [-0.2, 0) is 15.4 Å². The van der Waals surface area contributed by atoms with Crippen LogP contribution in [0.5, 0.6) is 0 Å². The number of amides is 1. The number of aliphatic hydroxyl groups excluding tert-OH is 3. The molecule has 1 aliphatic heterocycles. The van der Waals surface area contributed by atoms with E-state index in [1.54, 1.807) is 0 Å². The third-order valence-corrected chi connectivity index (χ3v) is 4.94. The molecule has 5 atom stereocenters. The number of fused-ring (bicyclic) bond motifs is 1. The molecule has 13 heteroatoms. The van der Waals surface area contributed by atoms with E-state index >= 15 is 0 Å². The Morgan fingerprint density at radius 1 is 1.34 bits per heavy atom. The van der Waals surface area contributed by atoms with Gasteiger partial charge in [-0.2, -0.15) is 0 Å². The van der Waals surface area contributed by atoms with Crippen LogP contribution >= 0.6 is 0 Å². The van der Waals surface area contributed by atoms with Crippen LogP contribution in [0.4, 0.5) is 5.82 Å². The number of nitrogens with one attached hydrogen (secondary N) is 1. The quantitative estimate of drug-likeness (QED) is 0.214. The van der Waals surface area contributed by atoms with Gasteiger partial charge in [0, 0.05) is 0 Å². The van der Waals surface area contributed by atoms with Gasteiger partial charge < -0.3 is 42.6 Å². The number of aliphatic hydroxyl groups is 3. The van der Waals surface area contributed by atoms with E-state index in [1.165, 1.54) is 17.2 Å². The Hall–Kier alpha value is -2.42. The van der Waals surface area contributed by atoms with Crippen molar-refractivity contribution in [3.63, 3.8) is 0 Å². The number of carbonyl (C=O) groups excluding carboxylic acids is 1. The highest BCUT2D eigenvalue weighted by molar-refractivity contribution is 5.83. The van der Waals surface area contributed by atoms with Crippen LogP contribution in [0, 0.1) is 0 Å². The van der Waals surface area contributed by atoms with Crippen LogP contribution in [0.3, 0.4) is 0 Å². The van der Waals surface area contributed by atoms with Crippen molar-refractivity contribution in [2.75, 3.05) is 18.9 Å². The zero-order valence-electron chi connectivity index (χ0n) is 15.7. The summed E-state index contributed by atoms with van der Waals surface area (Å²) in [7, 11) is 0. The number of carbonyl (C=O) groups is 1. The Morgan fingerprint density at radius 2 is 2.10 bits per heavy atom. The van der Waals surface area contributed by atoms with Crippen molar-refractivity contribution < 1.29 is 24.9 Å². The molecule has 0 radical (unpaired) electrons. The van der Waals surface area contributed by atoms with Crippen molar-refractivity contribution in [3.8, 4) is 0 Å². The summed E-state index contributed by atoms with van der Waals surface area (Å²) in [6.07, 6.45) is -0.188. The molecule has 160 valence electrons. The van der Waals surface area contributed by atoms with E-state index in [0.717, 1.165) is 0 Å². The van der Waals surface area contributed by atoms with Gasteiger partial charge in [0.15, 0.2) is 17.6 Å². The molecule has 0 aliphatic carbocycles. The Kier molecular flexibility index (Phi) is 6.26. The molecule has 1 aliphatic rings. The van der Waals surface area contributed by atoms with Crippen LogP contribution in [0.1, 0.15) is 19.3 Å². The number of rotatable bonds is 8. The van der Waals surface area contributed by atoms with Gasteiger partial charge in [-0.25, -0.2) is 15.0 Å². The monoisotopic (exact) mass is 410 g/mol. The van der Waals surface area contributed by atoms with Crippen molar-refractivity contribution in [3.05, 3.63) is 12.7 Å². The third-order valence-electron chi connectivity index (χ3n) is 4.94. The zero-order valence-corrected chi connectivity index (χ0v) is 15.7. The number of hydrogen-bond donors (Lipinski definition) is 7. The first kappa shape index (κ1) is 21.3. The minimum Gasteiger partial charge on any atom is -0.394 e. The summed E-state index contributed by atoms with van der Waals surface area (Å²) in [5, 5.41) is 33.2. The lowest BCUT2D eigenvalue weighted by atomic mass is 10.1. The molecule has 29 heavy (non-hydrogen) atoms. The number of anilines is 1. The van der Waals surface area contributed by atoms with E-state index in [1.807, 2.05) is 0 Å². The second-order valence-corrected chi connectivity index (χ2v) is 6.90. The fourth-order valence-electron chi connectivity index (χ4n) is 3.32. The van der Waals surface area contributed by atoms with E-state index in [2.05, 4.69) is 20.3 Å². The molecule has 0 bridgehead atoms. The maximum absolute atomic E-state index is 12.8. The Morgan fingerprint density at radius 3 is 2.76 bits per heavy atom. The highest BCUT2D eigenvalue weighted by atomic mass is 16.6. The van der Waals surface area contributed by atoms with Crippen molar-refractivity contribution >= 4 is 22.9 Å². The van der Waals surface area contributed by atoms with Gasteiger partial charge >= 0.3 is 0 Å². The van der Waals surface area contributed by atoms with E-state index in [0.29, 0.717) is 25.8 Å². The number of ether oxygens (including phenoxy) is 1. The predicted molar refractivity (Wildman–Crippen MR) is 101 cm³/mol. The van der Waals surface area contributed by atoms with Crippen molar-refractivity contribution in [1.82, 2.24) is 24.8 Å². The van der Waals surface area contributed by atoms with Gasteiger partial charge in [-0.15, -0.1) is 0 Å². The van der Waals surface area contributed by atoms with Crippen LogP contribution < -0.4 is 22.5 Å². The molecule has 3 heterocycles. The first-order valence-electron chi connectivity index (χ1n) is 9.22. The second kappa shape index (κ2) is 8.52. The minimum absolute atomic E-state index is 0.0838. The number of nitrogen functional groups attached to an aromatic ring is 1. The zero-order chi connectivity index (χ0) is 21.2. The number of aromatic nitrogens is 4. The number of unbranched alkanes of at least 4 members (excludes halogenated alkanes) is 1. The molecule has 13 nitrogen and oxygen atoms in total. The molecule has 0 aromatic carbocycles. The van der Waals surface area contributed by atoms with Crippen LogP contribution in [0.2, 0.25) is 0 Å². The molecular weight excluding hydrogens is 384 g/mol. The van der Waals surface area contributed by atoms with Gasteiger partial charge in [0.2, 0.25) is 5.91 Å². The average molecular weight is 410 g/mol. The minimum atomic E-state index is -2.01. The standard InChI is InChI=1S/C16H26N8O5/c17-4-2-1-3-8(18)15(28)23-16(12(27)11(26)9(5-25)29-16)24-7-22-10-13(19)20-6-21-14(10)24/h6-9,11-12,25-27H,1-5,17-18H2,(H,23,28)(H2,19,20,21)/t8-,9+,11+,12+,16-/m0/s1. The van der Waals surface area contributed by atoms with Gasteiger partial charge in [-0.05, 0) is 19.4 Å². The summed E-state index contributed by atoms with van der Waals surface area (Å²) >= 11 is 0. The topological polar surface area (TPSA) is 221 Å². The van der Waals surface area contributed by atoms with E-state index in [-0.39, 0.29) is 17.0 Å². The first-order chi connectivity index (χ1) is 13.9. The summed E-state index contributed by atoms with van der Waals surface area (Å²) in [6, 6.07) is -0.908. The Labute approximate surface area is 165 Å². The number of nitrogens with zero attached hydrogens (tertiary/aromatic N) is 4. The molecule has 3 rings (SSSR count). The second-order valence-electron chi connectivity index (χ2n) is 6.90. The lowest BCUT2D eigenvalue weighted by Gasteiger charge is -2.35. The predicted octanol–water partition coefficient (Wildman–Crippen LogP) is -3.30. The summed E-state index contributed by atoms with van der Waals surface area (Å²) in [4.78, 5) is 24.8. The lowest BCUT2D eigenvalue weighted by Crippen LogP contribution is -2.60. The first-order valence-corrected chi connectivity index (χ1v) is 9.22. The van der Waals surface area contributed by atoms with Gasteiger partial charge in [-0.3, -0.25) is 9.36 Å². The molecule has 2 aromatic heterocycles. The maximum atomic E-state index is 12.8. The molecule has 0 spiro atoms. The van der Waals surface area contributed by atoms with Gasteiger partial charge in [0.25, 0.3) is 5.85 Å². The molecule has 1 amide bonds. The normalized spacial score (nSPS) is 28.0. The maximum Gasteiger partial charge on any atom is 0.258 e. The van der Waals surface area contributed by atoms with Gasteiger partial charge in [-0.1, -0.05) is 6.42 Å². The largest absolute Gasteiger partial charge is 0.394 e. The molecule has 0 saturated carbocycles. The van der Waals surface area contributed by atoms with Crippen molar-refractivity contribution in [1.29, 1.82) is 0 Å². The molecule has 1 fully saturated rings. The molecule has 1 saturated heterocycles. The fraction of sp³-hybridized carbons (Fsp3) is 0.625. The molecule has 0 unspecified atom stereocenters. The summed E-state index contributed by atoms with van der Waals surface area (Å²) in [6.45, 7) is -0.116. The van der Waals surface area contributed by atoms with E-state index in [9.17, 15) is 20.1 Å². The Bertz CT molecular complexity index is 863. The van der Waals surface area contributed by atoms with Crippen molar-refractivity contribution in [2.45, 2.75) is 49.5 Å². The van der Waals surface area contributed by atoms with Gasteiger partial charge in [0.1, 0.15) is 30.4 Å². The van der Waals surface area contributed by atoms with E-state index in [4.69, 9.17) is 21.9 Å². The average Bonchev–Trinajstić information content (AvgIpc) is 3.24. The highest BCUT2D eigenvalue weighted by Crippen LogP contribution is 2.36.